The predicted octanol–water partition coefficient (Wildman–Crippen LogP) is 6.96. The van der Waals surface area contributed by atoms with Crippen molar-refractivity contribution in [2.75, 3.05) is 28.8 Å². The molecule has 11 heteroatoms. The van der Waals surface area contributed by atoms with Gasteiger partial charge >= 0.3 is 0 Å². The van der Waals surface area contributed by atoms with Crippen molar-refractivity contribution in [2.24, 2.45) is 0 Å². The van der Waals surface area contributed by atoms with Gasteiger partial charge in [0.2, 0.25) is 0 Å². The van der Waals surface area contributed by atoms with E-state index in [1.807, 2.05) is 0 Å². The molecule has 37 heavy (non-hydrogen) atoms. The van der Waals surface area contributed by atoms with Gasteiger partial charge in [0, 0.05) is 18.1 Å². The highest BCUT2D eigenvalue weighted by atomic mass is 35.5. The zero-order valence-corrected chi connectivity index (χ0v) is 24.0. The third-order valence-corrected chi connectivity index (χ3v) is 12.0. The second kappa shape index (κ2) is 11.9. The number of hydrogen-bond acceptors (Lipinski definition) is 6. The first-order chi connectivity index (χ1) is 17.4. The van der Waals surface area contributed by atoms with Gasteiger partial charge in [-0.2, -0.15) is 11.5 Å². The SMILES string of the molecule is [C-]#[N+]N(CCO[Si](C)(C)C(C)(C)C)c1ccc(NC(=O)c2cnccc2NC(=O)c2ccc(Cl)s2)cc1. The summed E-state index contributed by atoms with van der Waals surface area (Å²) < 4.78 is 6.70. The molecule has 0 fully saturated rings. The molecule has 0 radical (unpaired) electrons. The van der Waals surface area contributed by atoms with E-state index in [1.165, 1.54) is 12.4 Å². The monoisotopic (exact) mass is 555 g/mol. The number of thiophene rings is 1. The van der Waals surface area contributed by atoms with E-state index in [2.05, 4.69) is 54.4 Å². The summed E-state index contributed by atoms with van der Waals surface area (Å²) in [5.74, 6) is -0.788. The Hall–Kier alpha value is -3.23. The minimum absolute atomic E-state index is 0.102. The van der Waals surface area contributed by atoms with Gasteiger partial charge in [-0.15, -0.1) is 11.3 Å². The lowest BCUT2D eigenvalue weighted by molar-refractivity contribution is 0.102. The molecule has 0 aliphatic rings. The highest BCUT2D eigenvalue weighted by molar-refractivity contribution is 7.18. The zero-order valence-electron chi connectivity index (χ0n) is 21.5. The number of carbonyl (C=O) groups excluding carboxylic acids is 2. The molecule has 2 aromatic heterocycles. The number of pyridine rings is 1. The van der Waals surface area contributed by atoms with Crippen molar-refractivity contribution in [3.63, 3.8) is 0 Å². The van der Waals surface area contributed by atoms with Crippen molar-refractivity contribution < 1.29 is 14.0 Å². The summed E-state index contributed by atoms with van der Waals surface area (Å²) in [6.45, 7) is 19.4. The Labute approximate surface area is 227 Å². The summed E-state index contributed by atoms with van der Waals surface area (Å²) in [5, 5.41) is 7.20. The van der Waals surface area contributed by atoms with E-state index in [-0.39, 0.29) is 16.5 Å². The van der Waals surface area contributed by atoms with E-state index in [1.54, 1.807) is 47.5 Å². The predicted molar refractivity (Wildman–Crippen MR) is 153 cm³/mol. The van der Waals surface area contributed by atoms with Gasteiger partial charge in [-0.25, -0.2) is 0 Å². The standard InChI is InChI=1S/C26H30ClN5O3SSi/c1-26(2,3)37(5,6)35-16-15-32(28-4)19-9-7-18(8-10-19)30-24(33)20-17-29-14-13-21(20)31-25(34)22-11-12-23(27)36-22/h7-14,17H,15-16H2,1-3,5-6H3,(H,30,33)(H,29,31,34). The van der Waals surface area contributed by atoms with Crippen LogP contribution in [0, 0.1) is 6.57 Å². The molecule has 0 unspecified atom stereocenters. The molecule has 3 aromatic rings. The number of anilines is 3. The average molecular weight is 556 g/mol. The molecule has 0 spiro atoms. The van der Waals surface area contributed by atoms with Gasteiger partial charge < -0.3 is 15.1 Å². The average Bonchev–Trinajstić information content (AvgIpc) is 3.28. The van der Waals surface area contributed by atoms with E-state index in [0.717, 1.165) is 11.3 Å². The molecule has 0 bridgehead atoms. The molecule has 194 valence electrons. The first-order valence-electron chi connectivity index (χ1n) is 11.6. The molecule has 8 nitrogen and oxygen atoms in total. The van der Waals surface area contributed by atoms with Gasteiger partial charge in [-0.05, 0) is 60.6 Å². The van der Waals surface area contributed by atoms with Crippen LogP contribution in [0.4, 0.5) is 17.1 Å². The van der Waals surface area contributed by atoms with Crippen molar-refractivity contribution in [1.82, 2.24) is 4.98 Å². The normalized spacial score (nSPS) is 11.5. The number of hydrogen-bond donors (Lipinski definition) is 2. The molecule has 0 aliphatic carbocycles. The van der Waals surface area contributed by atoms with E-state index in [9.17, 15) is 9.59 Å². The highest BCUT2D eigenvalue weighted by Crippen LogP contribution is 2.36. The van der Waals surface area contributed by atoms with Crippen molar-refractivity contribution in [1.29, 1.82) is 0 Å². The number of benzene rings is 1. The number of aromatic nitrogens is 1. The summed E-state index contributed by atoms with van der Waals surface area (Å²) in [6.07, 6.45) is 2.89. The van der Waals surface area contributed by atoms with Gasteiger partial charge in [0.1, 0.15) is 12.2 Å². The lowest BCUT2D eigenvalue weighted by Gasteiger charge is -2.36. The van der Waals surface area contributed by atoms with Gasteiger partial charge in [0.25, 0.3) is 11.8 Å². The fraction of sp³-hybridized carbons (Fsp3) is 0.308. The number of rotatable bonds is 9. The Balaban J connectivity index is 1.63. The van der Waals surface area contributed by atoms with Crippen LogP contribution in [-0.2, 0) is 4.43 Å². The topological polar surface area (TPSA) is 87.9 Å². The molecule has 2 heterocycles. The number of halogens is 1. The highest BCUT2D eigenvalue weighted by Gasteiger charge is 2.37. The molecular weight excluding hydrogens is 526 g/mol. The first kappa shape index (κ1) is 28.3. The van der Waals surface area contributed by atoms with Crippen molar-refractivity contribution in [2.45, 2.75) is 38.9 Å². The number of nitrogens with zero attached hydrogens (tertiary/aromatic N) is 3. The summed E-state index contributed by atoms with van der Waals surface area (Å²) in [4.78, 5) is 33.6. The molecule has 0 saturated carbocycles. The van der Waals surface area contributed by atoms with E-state index >= 15 is 0 Å². The number of nitrogens with one attached hydrogen (secondary N) is 2. The smallest absolute Gasteiger partial charge is 0.265 e. The van der Waals surface area contributed by atoms with Gasteiger partial charge in [0.05, 0.1) is 27.1 Å². The molecule has 3 rings (SSSR count). The molecule has 0 aliphatic heterocycles. The Kier molecular flexibility index (Phi) is 9.10. The first-order valence-corrected chi connectivity index (χ1v) is 15.7. The van der Waals surface area contributed by atoms with Crippen molar-refractivity contribution in [3.05, 3.63) is 81.2 Å². The van der Waals surface area contributed by atoms with Gasteiger partial charge in [0.15, 0.2) is 8.32 Å². The van der Waals surface area contributed by atoms with Crippen LogP contribution in [0.5, 0.6) is 0 Å². The maximum absolute atomic E-state index is 13.0. The molecule has 2 amide bonds. The fourth-order valence-electron chi connectivity index (χ4n) is 3.06. The Morgan fingerprint density at radius 2 is 1.81 bits per heavy atom. The summed E-state index contributed by atoms with van der Waals surface area (Å²) in [5.41, 5.74) is 1.80. The molecular formula is C26H30ClN5O3SSi. The maximum atomic E-state index is 13.0. The zero-order chi connectivity index (χ0) is 27.2. The number of amides is 2. The van der Waals surface area contributed by atoms with Crippen LogP contribution in [0.2, 0.25) is 22.5 Å². The van der Waals surface area contributed by atoms with Crippen LogP contribution in [0.25, 0.3) is 4.95 Å². The minimum Gasteiger partial charge on any atom is -0.415 e. The number of carbonyl (C=O) groups is 2. The minimum atomic E-state index is -1.89. The third kappa shape index (κ3) is 7.39. The van der Waals surface area contributed by atoms with Crippen LogP contribution in [-0.4, -0.2) is 38.3 Å². The quantitative estimate of drug-likeness (QED) is 0.169. The van der Waals surface area contributed by atoms with Crippen LogP contribution >= 0.6 is 22.9 Å². The molecule has 2 N–H and O–H groups in total. The fourth-order valence-corrected chi connectivity index (χ4v) is 5.03. The van der Waals surface area contributed by atoms with Crippen molar-refractivity contribution in [3.8, 4) is 0 Å². The Morgan fingerprint density at radius 1 is 1.11 bits per heavy atom. The Morgan fingerprint density at radius 3 is 2.41 bits per heavy atom. The molecule has 1 aromatic carbocycles. The maximum Gasteiger partial charge on any atom is 0.265 e. The molecule has 0 saturated heterocycles. The molecule has 0 atom stereocenters. The summed E-state index contributed by atoms with van der Waals surface area (Å²) in [6, 6.07) is 11.8. The summed E-state index contributed by atoms with van der Waals surface area (Å²) >= 11 is 7.07. The largest absolute Gasteiger partial charge is 0.415 e. The van der Waals surface area contributed by atoms with Gasteiger partial charge in [-0.1, -0.05) is 37.4 Å². The second-order valence-corrected chi connectivity index (χ2v) is 16.3. The lowest BCUT2D eigenvalue weighted by atomic mass is 10.2. The Bertz CT molecular complexity index is 1300. The lowest BCUT2D eigenvalue weighted by Crippen LogP contribution is -2.42. The van der Waals surface area contributed by atoms with E-state index in [0.29, 0.717) is 39.4 Å². The van der Waals surface area contributed by atoms with E-state index in [4.69, 9.17) is 22.6 Å². The van der Waals surface area contributed by atoms with Gasteiger partial charge in [-0.3, -0.25) is 14.6 Å². The van der Waals surface area contributed by atoms with Crippen molar-refractivity contribution >= 4 is 60.1 Å². The van der Waals surface area contributed by atoms with E-state index < -0.39 is 14.2 Å². The van der Waals surface area contributed by atoms with Crippen LogP contribution in [0.3, 0.4) is 0 Å². The van der Waals surface area contributed by atoms with Crippen LogP contribution < -0.4 is 15.6 Å². The third-order valence-electron chi connectivity index (χ3n) is 6.23. The van der Waals surface area contributed by atoms with Crippen LogP contribution in [0.1, 0.15) is 40.8 Å². The second-order valence-electron chi connectivity index (χ2n) is 9.81. The summed E-state index contributed by atoms with van der Waals surface area (Å²) in [7, 11) is -1.89. The van der Waals surface area contributed by atoms with Crippen LogP contribution in [0.15, 0.2) is 54.9 Å².